The molecule has 0 saturated carbocycles. The smallest absolute Gasteiger partial charge is 0.124 e. The lowest BCUT2D eigenvalue weighted by atomic mass is 10.1. The second-order valence-corrected chi connectivity index (χ2v) is 5.64. The van der Waals surface area contributed by atoms with Crippen molar-refractivity contribution in [3.8, 4) is 5.75 Å². The van der Waals surface area contributed by atoms with E-state index in [1.165, 1.54) is 0 Å². The van der Waals surface area contributed by atoms with E-state index in [4.69, 9.17) is 9.84 Å². The molecule has 0 aromatic heterocycles. The number of thioether (sulfide) groups is 1. The molecule has 0 saturated heterocycles. The standard InChI is InChI=1S/C18H18O2S/c1-20-17-10-6-5-9-16(17)18(21-14-13-19)12-11-15-7-3-2-4-8-15/h2-4,7-12,18-19H,13-14H2,1H3/b12-11+. The predicted octanol–water partition coefficient (Wildman–Crippen LogP) is 3.78. The van der Waals surface area contributed by atoms with E-state index in [1.54, 1.807) is 24.9 Å². The van der Waals surface area contributed by atoms with Gasteiger partial charge in [0.25, 0.3) is 0 Å². The Morgan fingerprint density at radius 3 is 2.71 bits per heavy atom. The van der Waals surface area contributed by atoms with Gasteiger partial charge in [-0.25, -0.2) is 0 Å². The number of methoxy groups -OCH3 is 1. The van der Waals surface area contributed by atoms with Crippen LogP contribution in [0.4, 0.5) is 0 Å². The van der Waals surface area contributed by atoms with Gasteiger partial charge in [-0.3, -0.25) is 0 Å². The molecule has 1 N–H and O–H groups in total. The average molecular weight is 298 g/mol. The van der Waals surface area contributed by atoms with Crippen molar-refractivity contribution in [2.24, 2.45) is 0 Å². The highest BCUT2D eigenvalue weighted by atomic mass is 32.2. The minimum atomic E-state index is 0.109. The quantitative estimate of drug-likeness (QED) is 0.843. The molecule has 2 nitrogen and oxygen atoms in total. The third kappa shape index (κ3) is 4.66. The Morgan fingerprint density at radius 2 is 2.00 bits per heavy atom. The maximum atomic E-state index is 9.08. The van der Waals surface area contributed by atoms with Crippen LogP contribution >= 0.6 is 11.8 Å². The largest absolute Gasteiger partial charge is 0.496 e. The SMILES string of the molecule is COc1c[c][c]cc1C(/C=C/c1ccccc1)SCCO. The molecule has 0 fully saturated rings. The van der Waals surface area contributed by atoms with Crippen LogP contribution in [0.3, 0.4) is 0 Å². The highest BCUT2D eigenvalue weighted by Crippen LogP contribution is 2.36. The summed E-state index contributed by atoms with van der Waals surface area (Å²) in [5, 5.41) is 9.19. The van der Waals surface area contributed by atoms with Gasteiger partial charge in [0, 0.05) is 11.3 Å². The summed E-state index contributed by atoms with van der Waals surface area (Å²) in [7, 11) is 1.65. The predicted molar refractivity (Wildman–Crippen MR) is 88.4 cm³/mol. The molecule has 0 aliphatic carbocycles. The van der Waals surface area contributed by atoms with Gasteiger partial charge in [-0.2, -0.15) is 0 Å². The van der Waals surface area contributed by atoms with Crippen LogP contribution in [-0.4, -0.2) is 24.6 Å². The van der Waals surface area contributed by atoms with Gasteiger partial charge in [0.1, 0.15) is 5.75 Å². The third-order valence-corrected chi connectivity index (χ3v) is 4.17. The van der Waals surface area contributed by atoms with Crippen LogP contribution in [0.5, 0.6) is 5.75 Å². The minimum Gasteiger partial charge on any atom is -0.496 e. The second kappa shape index (κ2) is 8.55. The zero-order chi connectivity index (χ0) is 14.9. The van der Waals surface area contributed by atoms with E-state index < -0.39 is 0 Å². The molecule has 2 aromatic rings. The number of ether oxygens (including phenoxy) is 1. The fourth-order valence-electron chi connectivity index (χ4n) is 1.97. The van der Waals surface area contributed by atoms with E-state index in [0.29, 0.717) is 5.75 Å². The zero-order valence-corrected chi connectivity index (χ0v) is 12.8. The lowest BCUT2D eigenvalue weighted by molar-refractivity contribution is 0.322. The topological polar surface area (TPSA) is 29.5 Å². The first-order chi connectivity index (χ1) is 10.3. The third-order valence-electron chi connectivity index (χ3n) is 2.98. The summed E-state index contributed by atoms with van der Waals surface area (Å²) < 4.78 is 5.40. The Morgan fingerprint density at radius 1 is 1.24 bits per heavy atom. The Balaban J connectivity index is 2.23. The van der Waals surface area contributed by atoms with Gasteiger partial charge in [0.05, 0.1) is 19.0 Å². The van der Waals surface area contributed by atoms with E-state index >= 15 is 0 Å². The van der Waals surface area contributed by atoms with Gasteiger partial charge in [-0.05, 0) is 29.8 Å². The molecule has 2 radical (unpaired) electrons. The van der Waals surface area contributed by atoms with Crippen molar-refractivity contribution in [3.63, 3.8) is 0 Å². The number of rotatable bonds is 7. The fraction of sp³-hybridized carbons (Fsp3) is 0.222. The van der Waals surface area contributed by atoms with Crippen LogP contribution in [0.1, 0.15) is 16.4 Å². The first-order valence-electron chi connectivity index (χ1n) is 6.76. The van der Waals surface area contributed by atoms with Crippen LogP contribution in [0, 0.1) is 12.1 Å². The number of hydrogen-bond donors (Lipinski definition) is 1. The fourth-order valence-corrected chi connectivity index (χ4v) is 2.88. The molecule has 0 aliphatic heterocycles. The molecular formula is C18H18O2S. The molecule has 2 rings (SSSR count). The van der Waals surface area contributed by atoms with Crippen LogP contribution in [0.25, 0.3) is 6.08 Å². The average Bonchev–Trinajstić information content (AvgIpc) is 2.56. The lowest BCUT2D eigenvalue weighted by Crippen LogP contribution is -1.98. The van der Waals surface area contributed by atoms with Crippen molar-refractivity contribution in [2.75, 3.05) is 19.5 Å². The Bertz CT molecular complexity index is 566. The van der Waals surface area contributed by atoms with Crippen molar-refractivity contribution in [3.05, 3.63) is 71.8 Å². The van der Waals surface area contributed by atoms with Crippen molar-refractivity contribution >= 4 is 17.8 Å². The van der Waals surface area contributed by atoms with Crippen LogP contribution in [-0.2, 0) is 0 Å². The van der Waals surface area contributed by atoms with Crippen molar-refractivity contribution in [2.45, 2.75) is 5.25 Å². The zero-order valence-electron chi connectivity index (χ0n) is 12.0. The second-order valence-electron chi connectivity index (χ2n) is 4.39. The molecule has 0 amide bonds. The number of hydrogen-bond acceptors (Lipinski definition) is 3. The highest BCUT2D eigenvalue weighted by Gasteiger charge is 2.13. The monoisotopic (exact) mass is 298 g/mol. The highest BCUT2D eigenvalue weighted by molar-refractivity contribution is 7.99. The maximum Gasteiger partial charge on any atom is 0.124 e. The van der Waals surface area contributed by atoms with E-state index in [1.807, 2.05) is 24.3 Å². The Labute approximate surface area is 130 Å². The first-order valence-corrected chi connectivity index (χ1v) is 7.81. The van der Waals surface area contributed by atoms with E-state index in [9.17, 15) is 0 Å². The number of aliphatic hydroxyl groups is 1. The summed E-state index contributed by atoms with van der Waals surface area (Å²) >= 11 is 1.67. The van der Waals surface area contributed by atoms with E-state index in [0.717, 1.165) is 16.9 Å². The van der Waals surface area contributed by atoms with Crippen molar-refractivity contribution < 1.29 is 9.84 Å². The summed E-state index contributed by atoms with van der Waals surface area (Å²) in [6, 6.07) is 19.7. The molecule has 2 aromatic carbocycles. The van der Waals surface area contributed by atoms with Gasteiger partial charge >= 0.3 is 0 Å². The normalized spacial score (nSPS) is 12.5. The molecule has 1 unspecified atom stereocenters. The summed E-state index contributed by atoms with van der Waals surface area (Å²) in [6.45, 7) is 0.158. The molecule has 0 spiro atoms. The number of aliphatic hydroxyl groups excluding tert-OH is 1. The van der Waals surface area contributed by atoms with Crippen LogP contribution < -0.4 is 4.74 Å². The summed E-state index contributed by atoms with van der Waals surface area (Å²) in [5.74, 6) is 1.47. The van der Waals surface area contributed by atoms with Crippen molar-refractivity contribution in [1.29, 1.82) is 0 Å². The molecule has 0 bridgehead atoms. The first kappa shape index (κ1) is 15.7. The van der Waals surface area contributed by atoms with Gasteiger partial charge in [0.15, 0.2) is 0 Å². The van der Waals surface area contributed by atoms with Gasteiger partial charge in [0.2, 0.25) is 0 Å². The van der Waals surface area contributed by atoms with E-state index in [2.05, 4.69) is 36.4 Å². The maximum absolute atomic E-state index is 9.08. The van der Waals surface area contributed by atoms with Gasteiger partial charge in [-0.1, -0.05) is 42.5 Å². The summed E-state index contributed by atoms with van der Waals surface area (Å²) in [5.41, 5.74) is 2.19. The Kier molecular flexibility index (Phi) is 6.38. The van der Waals surface area contributed by atoms with Crippen molar-refractivity contribution in [1.82, 2.24) is 0 Å². The molecule has 21 heavy (non-hydrogen) atoms. The van der Waals surface area contributed by atoms with Gasteiger partial charge < -0.3 is 9.84 Å². The van der Waals surface area contributed by atoms with Crippen LogP contribution in [0.2, 0.25) is 0 Å². The van der Waals surface area contributed by atoms with Crippen LogP contribution in [0.15, 0.2) is 48.5 Å². The summed E-state index contributed by atoms with van der Waals surface area (Å²) in [6.07, 6.45) is 4.21. The molecule has 1 atom stereocenters. The molecule has 0 aliphatic rings. The van der Waals surface area contributed by atoms with E-state index in [-0.39, 0.29) is 11.9 Å². The molecule has 3 heteroatoms. The molecule has 0 heterocycles. The number of benzene rings is 2. The van der Waals surface area contributed by atoms with Gasteiger partial charge in [-0.15, -0.1) is 11.8 Å². The minimum absolute atomic E-state index is 0.109. The lowest BCUT2D eigenvalue weighted by Gasteiger charge is -2.15. The Hall–Kier alpha value is -1.71. The summed E-state index contributed by atoms with van der Waals surface area (Å²) in [4.78, 5) is 0. The molecule has 108 valence electrons. The molecular weight excluding hydrogens is 280 g/mol.